The fraction of sp³-hybridized carbons (Fsp3) is 0.300. The molecule has 3 heteroatoms. The van der Waals surface area contributed by atoms with Crippen LogP contribution in [0.25, 0.3) is 0 Å². The monoisotopic (exact) mass is 241 g/mol. The Morgan fingerprint density at radius 1 is 1.31 bits per heavy atom. The first-order valence-corrected chi connectivity index (χ1v) is 5.16. The molecule has 0 spiro atoms. The zero-order valence-electron chi connectivity index (χ0n) is 6.97. The van der Waals surface area contributed by atoms with Gasteiger partial charge in [0.1, 0.15) is 0 Å². The normalized spacial score (nSPS) is 27.3. The summed E-state index contributed by atoms with van der Waals surface area (Å²) >= 11 is 2.97. The number of benzene rings is 1. The molecule has 2 rings (SSSR count). The Morgan fingerprint density at radius 3 is 2.54 bits per heavy atom. The van der Waals surface area contributed by atoms with E-state index in [1.165, 1.54) is 0 Å². The summed E-state index contributed by atoms with van der Waals surface area (Å²) in [6.45, 7) is 0. The number of hydrogen-bond acceptors (Lipinski definition) is 2. The fourth-order valence-corrected chi connectivity index (χ4v) is 2.19. The van der Waals surface area contributed by atoms with E-state index in [9.17, 15) is 4.79 Å². The third-order valence-electron chi connectivity index (χ3n) is 2.09. The first-order valence-electron chi connectivity index (χ1n) is 4.17. The van der Waals surface area contributed by atoms with E-state index in [0.29, 0.717) is 6.42 Å². The predicted molar refractivity (Wildman–Crippen MR) is 49.4 cm³/mol. The van der Waals surface area contributed by atoms with Gasteiger partial charge in [-0.1, -0.05) is 0 Å². The molecule has 0 saturated carbocycles. The second-order valence-electron chi connectivity index (χ2n) is 3.06. The summed E-state index contributed by atoms with van der Waals surface area (Å²) in [5.41, 5.74) is 1.07. The van der Waals surface area contributed by atoms with Gasteiger partial charge in [-0.05, 0) is 0 Å². The Labute approximate surface area is 85.1 Å². The van der Waals surface area contributed by atoms with Crippen LogP contribution in [-0.4, -0.2) is 22.0 Å². The summed E-state index contributed by atoms with van der Waals surface area (Å²) in [6.07, 6.45) is 0.397. The Bertz CT molecular complexity index is 310. The first kappa shape index (κ1) is 8.79. The molecule has 0 amide bonds. The standard InChI is InChI=1S/C10H9O2Se/c11-9-6-8(13)10(12-9)7-4-2-1-3-5-7/h1-5,8,10H,6H2. The van der Waals surface area contributed by atoms with E-state index < -0.39 is 0 Å². The minimum atomic E-state index is -0.113. The molecule has 13 heavy (non-hydrogen) atoms. The van der Waals surface area contributed by atoms with Crippen molar-refractivity contribution in [1.82, 2.24) is 0 Å². The number of hydrogen-bond donors (Lipinski definition) is 0. The van der Waals surface area contributed by atoms with Crippen LogP contribution >= 0.6 is 0 Å². The number of rotatable bonds is 1. The summed E-state index contributed by atoms with van der Waals surface area (Å²) in [5, 5.41) is 0. The van der Waals surface area contributed by atoms with Crippen LogP contribution in [-0.2, 0) is 9.53 Å². The summed E-state index contributed by atoms with van der Waals surface area (Å²) in [5.74, 6) is -0.113. The second-order valence-corrected chi connectivity index (χ2v) is 4.33. The maximum absolute atomic E-state index is 11.0. The van der Waals surface area contributed by atoms with Gasteiger partial charge in [-0.25, -0.2) is 0 Å². The maximum atomic E-state index is 11.0. The topological polar surface area (TPSA) is 26.3 Å². The van der Waals surface area contributed by atoms with E-state index in [0.717, 1.165) is 5.56 Å². The second kappa shape index (κ2) is 3.52. The molecule has 1 aromatic rings. The molecular weight excluding hydrogens is 231 g/mol. The molecule has 0 aliphatic carbocycles. The molecule has 1 aliphatic rings. The number of esters is 1. The van der Waals surface area contributed by atoms with Crippen LogP contribution in [0, 0.1) is 0 Å². The van der Waals surface area contributed by atoms with E-state index in [1.807, 2.05) is 30.3 Å². The Balaban J connectivity index is 2.23. The molecule has 1 fully saturated rings. The molecule has 0 aromatic heterocycles. The predicted octanol–water partition coefficient (Wildman–Crippen LogP) is 1.63. The molecule has 1 aromatic carbocycles. The molecule has 0 N–H and O–H groups in total. The van der Waals surface area contributed by atoms with Crippen LogP contribution in [0.15, 0.2) is 30.3 Å². The molecule has 67 valence electrons. The van der Waals surface area contributed by atoms with Crippen LogP contribution < -0.4 is 0 Å². The van der Waals surface area contributed by atoms with Crippen LogP contribution in [0.5, 0.6) is 0 Å². The van der Waals surface area contributed by atoms with Crippen molar-refractivity contribution < 1.29 is 9.53 Å². The zero-order valence-corrected chi connectivity index (χ0v) is 8.69. The number of carbonyl (C=O) groups excluding carboxylic acids is 1. The molecule has 2 nitrogen and oxygen atoms in total. The molecule has 1 aliphatic heterocycles. The zero-order chi connectivity index (χ0) is 9.26. The Kier molecular flexibility index (Phi) is 2.38. The molecule has 2 atom stereocenters. The summed E-state index contributed by atoms with van der Waals surface area (Å²) < 4.78 is 5.19. The number of cyclic esters (lactones) is 1. The summed E-state index contributed by atoms with van der Waals surface area (Å²) in [7, 11) is 0. The van der Waals surface area contributed by atoms with Crippen molar-refractivity contribution in [2.75, 3.05) is 0 Å². The van der Waals surface area contributed by atoms with Gasteiger partial charge in [0.2, 0.25) is 0 Å². The molecule has 2 unspecified atom stereocenters. The van der Waals surface area contributed by atoms with Crippen molar-refractivity contribution in [3.8, 4) is 0 Å². The van der Waals surface area contributed by atoms with Crippen LogP contribution in [0.3, 0.4) is 0 Å². The third kappa shape index (κ3) is 1.76. The summed E-state index contributed by atoms with van der Waals surface area (Å²) in [6, 6.07) is 9.82. The van der Waals surface area contributed by atoms with E-state index in [1.54, 1.807) is 0 Å². The van der Waals surface area contributed by atoms with Gasteiger partial charge in [-0.2, -0.15) is 0 Å². The molecule has 1 saturated heterocycles. The molecule has 1 radical (unpaired) electrons. The Hall–Kier alpha value is -0.791. The number of carbonyl (C=O) groups is 1. The van der Waals surface area contributed by atoms with Gasteiger partial charge < -0.3 is 0 Å². The van der Waals surface area contributed by atoms with Gasteiger partial charge >= 0.3 is 84.7 Å². The van der Waals surface area contributed by atoms with Crippen LogP contribution in [0.4, 0.5) is 0 Å². The molecule has 1 heterocycles. The van der Waals surface area contributed by atoms with Crippen molar-refractivity contribution in [2.24, 2.45) is 0 Å². The van der Waals surface area contributed by atoms with Crippen molar-refractivity contribution >= 4 is 22.0 Å². The van der Waals surface area contributed by atoms with Gasteiger partial charge in [0, 0.05) is 0 Å². The van der Waals surface area contributed by atoms with Gasteiger partial charge in [0.05, 0.1) is 0 Å². The van der Waals surface area contributed by atoms with Crippen LogP contribution in [0.2, 0.25) is 4.82 Å². The molecular formula is C10H9O2Se. The van der Waals surface area contributed by atoms with Gasteiger partial charge in [0.15, 0.2) is 0 Å². The average molecular weight is 240 g/mol. The van der Waals surface area contributed by atoms with Crippen molar-refractivity contribution in [2.45, 2.75) is 17.3 Å². The van der Waals surface area contributed by atoms with Crippen molar-refractivity contribution in [3.63, 3.8) is 0 Å². The third-order valence-corrected chi connectivity index (χ3v) is 2.96. The molecule has 0 bridgehead atoms. The van der Waals surface area contributed by atoms with Gasteiger partial charge in [-0.3, -0.25) is 0 Å². The Morgan fingerprint density at radius 2 is 2.00 bits per heavy atom. The fourth-order valence-electron chi connectivity index (χ4n) is 1.46. The van der Waals surface area contributed by atoms with E-state index >= 15 is 0 Å². The van der Waals surface area contributed by atoms with E-state index in [2.05, 4.69) is 16.0 Å². The van der Waals surface area contributed by atoms with Crippen molar-refractivity contribution in [1.29, 1.82) is 0 Å². The summed E-state index contributed by atoms with van der Waals surface area (Å²) in [4.78, 5) is 11.2. The van der Waals surface area contributed by atoms with Gasteiger partial charge in [-0.15, -0.1) is 0 Å². The SMILES string of the molecule is O=C1CC([Se])C(c2ccccc2)O1. The number of ether oxygens (including phenoxy) is 1. The van der Waals surface area contributed by atoms with E-state index in [4.69, 9.17) is 4.74 Å². The first-order chi connectivity index (χ1) is 6.27. The van der Waals surface area contributed by atoms with E-state index in [-0.39, 0.29) is 16.9 Å². The van der Waals surface area contributed by atoms with Crippen LogP contribution in [0.1, 0.15) is 18.1 Å². The van der Waals surface area contributed by atoms with Crippen molar-refractivity contribution in [3.05, 3.63) is 35.9 Å². The minimum absolute atomic E-state index is 0.0892. The average Bonchev–Trinajstić information content (AvgIpc) is 2.47. The quantitative estimate of drug-likeness (QED) is 0.551. The van der Waals surface area contributed by atoms with Gasteiger partial charge in [0.25, 0.3) is 0 Å².